The van der Waals surface area contributed by atoms with Crippen molar-refractivity contribution in [1.29, 1.82) is 0 Å². The molecule has 12 heavy (non-hydrogen) atoms. The van der Waals surface area contributed by atoms with Crippen LogP contribution in [0.5, 0.6) is 0 Å². The lowest BCUT2D eigenvalue weighted by atomic mass is 10.6. The minimum atomic E-state index is -0.304. The molecule has 0 unspecified atom stereocenters. The lowest BCUT2D eigenvalue weighted by Gasteiger charge is -1.98. The molecule has 1 N–H and O–H groups in total. The van der Waals surface area contributed by atoms with Gasteiger partial charge in [0.2, 0.25) is 0 Å². The zero-order valence-corrected chi connectivity index (χ0v) is 8.74. The van der Waals surface area contributed by atoms with Crippen molar-refractivity contribution in [2.24, 2.45) is 0 Å². The number of carbonyl (C=O) groups is 1. The molecule has 6 heteroatoms. The topological polar surface area (TPSA) is 51.2 Å². The number of hydrogen-bond acceptors (Lipinski definition) is 5. The maximum Gasteiger partial charge on any atom is 0.325 e. The normalized spacial score (nSPS) is 9.50. The molecule has 0 radical (unpaired) electrons. The highest BCUT2D eigenvalue weighted by Gasteiger charge is 2.02. The molecule has 0 aromatic carbocycles. The highest BCUT2D eigenvalue weighted by molar-refractivity contribution is 9.10. The van der Waals surface area contributed by atoms with Crippen molar-refractivity contribution >= 4 is 38.4 Å². The third-order valence-corrected chi connectivity index (χ3v) is 2.60. The molecule has 0 saturated carbocycles. The highest BCUT2D eigenvalue weighted by Crippen LogP contribution is 2.18. The summed E-state index contributed by atoms with van der Waals surface area (Å²) in [5.74, 6) is -0.304. The second-order valence-corrected chi connectivity index (χ2v) is 3.58. The lowest BCUT2D eigenvalue weighted by molar-refractivity contribution is -0.138. The summed E-state index contributed by atoms with van der Waals surface area (Å²) in [6.07, 6.45) is 0. The number of hydrogen-bond donors (Lipinski definition) is 1. The second-order valence-electron chi connectivity index (χ2n) is 1.91. The predicted octanol–water partition coefficient (Wildman–Crippen LogP) is 1.49. The number of methoxy groups -OCH3 is 1. The number of aromatic nitrogens is 1. The van der Waals surface area contributed by atoms with E-state index in [0.29, 0.717) is 5.13 Å². The summed E-state index contributed by atoms with van der Waals surface area (Å²) >= 11 is 4.62. The Labute approximate surface area is 82.1 Å². The molecule has 1 aromatic heterocycles. The van der Waals surface area contributed by atoms with E-state index in [1.165, 1.54) is 18.4 Å². The molecule has 1 rings (SSSR count). The molecule has 1 aromatic rings. The number of nitrogens with one attached hydrogen (secondary N) is 1. The molecule has 0 amide bonds. The fourth-order valence-electron chi connectivity index (χ4n) is 0.555. The fourth-order valence-corrected chi connectivity index (χ4v) is 1.70. The number of thiazole rings is 1. The van der Waals surface area contributed by atoms with Crippen molar-refractivity contribution in [2.45, 2.75) is 0 Å². The number of anilines is 1. The van der Waals surface area contributed by atoms with Gasteiger partial charge in [-0.25, -0.2) is 4.98 Å². The molecule has 0 atom stereocenters. The Morgan fingerprint density at radius 2 is 2.67 bits per heavy atom. The second kappa shape index (κ2) is 4.42. The SMILES string of the molecule is COC(=O)CNc1nc(Br)cs1. The van der Waals surface area contributed by atoms with Gasteiger partial charge in [0.1, 0.15) is 11.1 Å². The number of esters is 1. The zero-order valence-electron chi connectivity index (χ0n) is 6.33. The maximum absolute atomic E-state index is 10.7. The summed E-state index contributed by atoms with van der Waals surface area (Å²) < 4.78 is 5.21. The van der Waals surface area contributed by atoms with E-state index in [0.717, 1.165) is 4.60 Å². The largest absolute Gasteiger partial charge is 0.468 e. The van der Waals surface area contributed by atoms with Crippen molar-refractivity contribution < 1.29 is 9.53 Å². The predicted molar refractivity (Wildman–Crippen MR) is 50.3 cm³/mol. The average Bonchev–Trinajstić information content (AvgIpc) is 2.47. The van der Waals surface area contributed by atoms with E-state index in [1.807, 2.05) is 5.38 Å². The van der Waals surface area contributed by atoms with Crippen LogP contribution >= 0.6 is 27.3 Å². The van der Waals surface area contributed by atoms with E-state index in [9.17, 15) is 4.79 Å². The van der Waals surface area contributed by atoms with Crippen LogP contribution in [0, 0.1) is 0 Å². The Morgan fingerprint density at radius 3 is 3.17 bits per heavy atom. The summed E-state index contributed by atoms with van der Waals surface area (Å²) in [7, 11) is 1.35. The first-order valence-electron chi connectivity index (χ1n) is 3.14. The Bertz CT molecular complexity index is 276. The highest BCUT2D eigenvalue weighted by atomic mass is 79.9. The minimum absolute atomic E-state index is 0.149. The maximum atomic E-state index is 10.7. The van der Waals surface area contributed by atoms with Gasteiger partial charge in [-0.2, -0.15) is 0 Å². The molecule has 4 nitrogen and oxygen atoms in total. The third-order valence-electron chi connectivity index (χ3n) is 1.09. The number of carbonyl (C=O) groups excluding carboxylic acids is 1. The Balaban J connectivity index is 2.38. The summed E-state index contributed by atoms with van der Waals surface area (Å²) in [4.78, 5) is 14.7. The van der Waals surface area contributed by atoms with Gasteiger partial charge in [-0.15, -0.1) is 11.3 Å². The fraction of sp³-hybridized carbons (Fsp3) is 0.333. The summed E-state index contributed by atoms with van der Waals surface area (Å²) in [6, 6.07) is 0. The minimum Gasteiger partial charge on any atom is -0.468 e. The zero-order chi connectivity index (χ0) is 8.97. The monoisotopic (exact) mass is 250 g/mol. The van der Waals surface area contributed by atoms with Gasteiger partial charge in [0, 0.05) is 5.38 Å². The number of rotatable bonds is 3. The van der Waals surface area contributed by atoms with Crippen molar-refractivity contribution in [1.82, 2.24) is 4.98 Å². The van der Waals surface area contributed by atoms with Crippen molar-refractivity contribution in [3.05, 3.63) is 9.98 Å². The third kappa shape index (κ3) is 2.78. The van der Waals surface area contributed by atoms with Gasteiger partial charge in [-0.3, -0.25) is 4.79 Å². The molecule has 0 aliphatic carbocycles. The van der Waals surface area contributed by atoms with E-state index in [2.05, 4.69) is 31.0 Å². The van der Waals surface area contributed by atoms with Gasteiger partial charge in [0.15, 0.2) is 5.13 Å². The molecule has 0 fully saturated rings. The van der Waals surface area contributed by atoms with Gasteiger partial charge in [-0.05, 0) is 15.9 Å². The Kier molecular flexibility index (Phi) is 3.48. The molecule has 66 valence electrons. The molecule has 0 spiro atoms. The van der Waals surface area contributed by atoms with E-state index < -0.39 is 0 Å². The number of ether oxygens (including phenoxy) is 1. The van der Waals surface area contributed by atoms with Gasteiger partial charge in [0.25, 0.3) is 0 Å². The Morgan fingerprint density at radius 1 is 1.92 bits per heavy atom. The Hall–Kier alpha value is -0.620. The van der Waals surface area contributed by atoms with E-state index in [-0.39, 0.29) is 12.5 Å². The molecular formula is C6H7BrN2O2S. The first-order chi connectivity index (χ1) is 5.72. The van der Waals surface area contributed by atoms with Crippen molar-refractivity contribution in [2.75, 3.05) is 19.0 Å². The lowest BCUT2D eigenvalue weighted by Crippen LogP contribution is -2.14. The van der Waals surface area contributed by atoms with Crippen LogP contribution in [0.25, 0.3) is 0 Å². The standard InChI is InChI=1S/C6H7BrN2O2S/c1-11-5(10)2-8-6-9-4(7)3-12-6/h3H,2H2,1H3,(H,8,9). The van der Waals surface area contributed by atoms with Crippen molar-refractivity contribution in [3.63, 3.8) is 0 Å². The van der Waals surface area contributed by atoms with Crippen LogP contribution in [0.1, 0.15) is 0 Å². The van der Waals surface area contributed by atoms with Crippen molar-refractivity contribution in [3.8, 4) is 0 Å². The molecule has 0 aliphatic rings. The van der Waals surface area contributed by atoms with E-state index >= 15 is 0 Å². The van der Waals surface area contributed by atoms with Crippen LogP contribution in [0.3, 0.4) is 0 Å². The summed E-state index contributed by atoms with van der Waals surface area (Å²) in [5, 5.41) is 5.35. The van der Waals surface area contributed by atoms with E-state index in [4.69, 9.17) is 0 Å². The smallest absolute Gasteiger partial charge is 0.325 e. The van der Waals surface area contributed by atoms with Gasteiger partial charge in [0.05, 0.1) is 7.11 Å². The molecule has 0 aliphatic heterocycles. The van der Waals surface area contributed by atoms with Crippen LogP contribution in [0.15, 0.2) is 9.98 Å². The first kappa shape index (κ1) is 9.47. The molecule has 0 bridgehead atoms. The van der Waals surface area contributed by atoms with E-state index in [1.54, 1.807) is 0 Å². The first-order valence-corrected chi connectivity index (χ1v) is 4.81. The molecule has 0 saturated heterocycles. The van der Waals surface area contributed by atoms with Gasteiger partial charge in [-0.1, -0.05) is 0 Å². The van der Waals surface area contributed by atoms with Crippen LogP contribution in [-0.4, -0.2) is 24.6 Å². The number of nitrogens with zero attached hydrogens (tertiary/aromatic N) is 1. The quantitative estimate of drug-likeness (QED) is 0.827. The van der Waals surface area contributed by atoms with Crippen LogP contribution < -0.4 is 5.32 Å². The average molecular weight is 251 g/mol. The van der Waals surface area contributed by atoms with Crippen LogP contribution in [0.4, 0.5) is 5.13 Å². The van der Waals surface area contributed by atoms with Gasteiger partial charge >= 0.3 is 5.97 Å². The number of halogens is 1. The molecular weight excluding hydrogens is 244 g/mol. The summed E-state index contributed by atoms with van der Waals surface area (Å²) in [5.41, 5.74) is 0. The molecule has 1 heterocycles. The van der Waals surface area contributed by atoms with Crippen LogP contribution in [0.2, 0.25) is 0 Å². The van der Waals surface area contributed by atoms with Gasteiger partial charge < -0.3 is 10.1 Å². The summed E-state index contributed by atoms with van der Waals surface area (Å²) in [6.45, 7) is 0.149. The van der Waals surface area contributed by atoms with Crippen LogP contribution in [-0.2, 0) is 9.53 Å².